The Balaban J connectivity index is 1.70. The van der Waals surface area contributed by atoms with Crippen LogP contribution in [-0.4, -0.2) is 47.5 Å². The van der Waals surface area contributed by atoms with Crippen LogP contribution in [0.5, 0.6) is 5.75 Å². The van der Waals surface area contributed by atoms with Gasteiger partial charge in [-0.15, -0.1) is 0 Å². The van der Waals surface area contributed by atoms with Gasteiger partial charge in [-0.25, -0.2) is 4.72 Å². The first-order chi connectivity index (χ1) is 18.8. The molecule has 1 heterocycles. The van der Waals surface area contributed by atoms with E-state index in [0.29, 0.717) is 78.4 Å². The number of benzene rings is 2. The van der Waals surface area contributed by atoms with Crippen LogP contribution in [0.4, 0.5) is 5.69 Å². The van der Waals surface area contributed by atoms with E-state index >= 15 is 0 Å². The first-order valence-corrected chi connectivity index (χ1v) is 15.9. The van der Waals surface area contributed by atoms with Crippen LogP contribution >= 0.6 is 0 Å². The molecule has 0 spiro atoms. The summed E-state index contributed by atoms with van der Waals surface area (Å²) < 4.78 is 26.5. The van der Waals surface area contributed by atoms with Gasteiger partial charge in [0.15, 0.2) is 5.78 Å². The van der Waals surface area contributed by atoms with Gasteiger partial charge < -0.3 is 23.6 Å². The highest BCUT2D eigenvalue weighted by atomic mass is 32.2. The number of ether oxygens (including phenoxy) is 1. The number of ketones is 1. The number of fused-ring (bicyclic) bond motifs is 1. The van der Waals surface area contributed by atoms with E-state index in [0.717, 1.165) is 38.5 Å². The van der Waals surface area contributed by atoms with Crippen molar-refractivity contribution in [2.45, 2.75) is 72.1 Å². The molecule has 0 radical (unpaired) electrons. The SMILES string of the molecule is CCCCc1oc2ccc(N[S+](C)[O-])cc2c1C(=O)c1ccc(OCCC[N+]([O-])(CCCC)CCCC)cc1. The van der Waals surface area contributed by atoms with Gasteiger partial charge >= 0.3 is 0 Å². The molecule has 3 rings (SSSR count). The van der Waals surface area contributed by atoms with Crippen molar-refractivity contribution in [3.05, 3.63) is 64.6 Å². The van der Waals surface area contributed by atoms with Gasteiger partial charge in [0.05, 0.1) is 48.9 Å². The Labute approximate surface area is 236 Å². The minimum absolute atomic E-state index is 0.110. The third-order valence-corrected chi connectivity index (χ3v) is 7.46. The van der Waals surface area contributed by atoms with Gasteiger partial charge in [0.25, 0.3) is 0 Å². The summed E-state index contributed by atoms with van der Waals surface area (Å²) in [5.41, 5.74) is 2.42. The summed E-state index contributed by atoms with van der Waals surface area (Å²) in [6.07, 6.45) is 8.79. The number of hydrogen-bond donors (Lipinski definition) is 1. The maximum absolute atomic E-state index is 13.7. The van der Waals surface area contributed by atoms with E-state index in [1.165, 1.54) is 0 Å². The summed E-state index contributed by atoms with van der Waals surface area (Å²) in [5, 5.41) is 13.9. The van der Waals surface area contributed by atoms with E-state index in [-0.39, 0.29) is 10.4 Å². The molecule has 8 heteroatoms. The Kier molecular flexibility index (Phi) is 12.2. The van der Waals surface area contributed by atoms with Crippen molar-refractivity contribution in [3.63, 3.8) is 0 Å². The molecule has 1 N–H and O–H groups in total. The second kappa shape index (κ2) is 15.3. The number of furan rings is 1. The fourth-order valence-corrected chi connectivity index (χ4v) is 5.22. The van der Waals surface area contributed by atoms with Crippen molar-refractivity contribution >= 4 is 33.8 Å². The molecule has 0 amide bonds. The highest BCUT2D eigenvalue weighted by Gasteiger charge is 2.23. The number of unbranched alkanes of at least 4 members (excludes halogenated alkanes) is 3. The number of carbonyl (C=O) groups excluding carboxylic acids is 1. The summed E-state index contributed by atoms with van der Waals surface area (Å²) >= 11 is -1.22. The number of carbonyl (C=O) groups is 1. The predicted octanol–water partition coefficient (Wildman–Crippen LogP) is 7.40. The van der Waals surface area contributed by atoms with Gasteiger partial charge in [-0.2, -0.15) is 0 Å². The number of aryl methyl sites for hydroxylation is 1. The summed E-state index contributed by atoms with van der Waals surface area (Å²) in [6, 6.07) is 12.6. The van der Waals surface area contributed by atoms with Crippen molar-refractivity contribution in [1.82, 2.24) is 0 Å². The van der Waals surface area contributed by atoms with Crippen LogP contribution < -0.4 is 9.46 Å². The maximum Gasteiger partial charge on any atom is 0.197 e. The Hall–Kier alpha value is -2.52. The van der Waals surface area contributed by atoms with E-state index in [9.17, 15) is 14.6 Å². The molecule has 2 aromatic carbocycles. The molecule has 0 aliphatic carbocycles. The van der Waals surface area contributed by atoms with Crippen molar-refractivity contribution in [3.8, 4) is 5.75 Å². The van der Waals surface area contributed by atoms with Gasteiger partial charge in [-0.05, 0) is 61.7 Å². The number of hydrogen-bond acceptors (Lipinski definition) is 6. The van der Waals surface area contributed by atoms with E-state index in [2.05, 4.69) is 25.5 Å². The summed E-state index contributed by atoms with van der Waals surface area (Å²) in [7, 11) is 0. The smallest absolute Gasteiger partial charge is 0.197 e. The van der Waals surface area contributed by atoms with E-state index in [4.69, 9.17) is 9.15 Å². The maximum atomic E-state index is 13.7. The van der Waals surface area contributed by atoms with Crippen LogP contribution in [-0.2, 0) is 17.8 Å². The fraction of sp³-hybridized carbons (Fsp3) is 0.516. The third-order valence-electron chi connectivity index (χ3n) is 6.94. The Morgan fingerprint density at radius 1 is 0.949 bits per heavy atom. The molecule has 1 aromatic heterocycles. The minimum atomic E-state index is -1.22. The topological polar surface area (TPSA) is 97.6 Å². The third kappa shape index (κ3) is 9.00. The second-order valence-corrected chi connectivity index (χ2v) is 11.4. The van der Waals surface area contributed by atoms with Gasteiger partial charge in [-0.1, -0.05) is 40.0 Å². The van der Waals surface area contributed by atoms with Crippen molar-refractivity contribution in [1.29, 1.82) is 0 Å². The predicted molar refractivity (Wildman–Crippen MR) is 161 cm³/mol. The molecule has 214 valence electrons. The molecule has 39 heavy (non-hydrogen) atoms. The first kappa shape index (κ1) is 31.0. The second-order valence-electron chi connectivity index (χ2n) is 10.3. The number of nitrogens with one attached hydrogen (secondary N) is 1. The average Bonchev–Trinajstić information content (AvgIpc) is 3.29. The molecule has 0 fully saturated rings. The van der Waals surface area contributed by atoms with Crippen molar-refractivity contribution in [2.24, 2.45) is 0 Å². The van der Waals surface area contributed by atoms with Gasteiger partial charge in [-0.3, -0.25) is 4.79 Å². The largest absolute Gasteiger partial charge is 0.633 e. The normalized spacial score (nSPS) is 12.6. The summed E-state index contributed by atoms with van der Waals surface area (Å²) in [4.78, 5) is 13.7. The summed E-state index contributed by atoms with van der Waals surface area (Å²) in [5.74, 6) is 1.25. The van der Waals surface area contributed by atoms with Gasteiger partial charge in [0.2, 0.25) is 0 Å². The Morgan fingerprint density at radius 2 is 1.59 bits per heavy atom. The lowest BCUT2D eigenvalue weighted by Crippen LogP contribution is -2.44. The Morgan fingerprint density at radius 3 is 2.21 bits per heavy atom. The van der Waals surface area contributed by atoms with Gasteiger partial charge in [0.1, 0.15) is 23.3 Å². The van der Waals surface area contributed by atoms with E-state index in [1.54, 1.807) is 24.5 Å². The minimum Gasteiger partial charge on any atom is -0.633 e. The van der Waals surface area contributed by atoms with Crippen LogP contribution in [0, 0.1) is 5.21 Å². The van der Waals surface area contributed by atoms with Crippen LogP contribution in [0.15, 0.2) is 46.9 Å². The van der Waals surface area contributed by atoms with E-state index < -0.39 is 11.4 Å². The molecular weight excluding hydrogens is 512 g/mol. The van der Waals surface area contributed by atoms with Crippen molar-refractivity contribution < 1.29 is 23.1 Å². The molecule has 0 bridgehead atoms. The molecule has 3 aromatic rings. The number of anilines is 1. The monoisotopic (exact) mass is 556 g/mol. The van der Waals surface area contributed by atoms with E-state index in [1.807, 2.05) is 24.3 Å². The molecule has 0 saturated heterocycles. The lowest BCUT2D eigenvalue weighted by Gasteiger charge is -2.43. The molecule has 0 aliphatic heterocycles. The number of rotatable bonds is 18. The van der Waals surface area contributed by atoms with Crippen LogP contribution in [0.25, 0.3) is 11.0 Å². The highest BCUT2D eigenvalue weighted by Crippen LogP contribution is 2.32. The molecular formula is C31H44N2O5S. The highest BCUT2D eigenvalue weighted by molar-refractivity contribution is 7.92. The molecule has 1 unspecified atom stereocenters. The average molecular weight is 557 g/mol. The van der Waals surface area contributed by atoms with Crippen LogP contribution in [0.2, 0.25) is 0 Å². The summed E-state index contributed by atoms with van der Waals surface area (Å²) in [6.45, 7) is 8.71. The quantitative estimate of drug-likeness (QED) is 0.0576. The lowest BCUT2D eigenvalue weighted by molar-refractivity contribution is -0.881. The fourth-order valence-electron chi connectivity index (χ4n) is 4.76. The first-order valence-electron chi connectivity index (χ1n) is 14.3. The number of quaternary nitrogens is 1. The molecule has 7 nitrogen and oxygen atoms in total. The van der Waals surface area contributed by atoms with Crippen molar-refractivity contribution in [2.75, 3.05) is 37.2 Å². The molecule has 0 aliphatic rings. The number of hydroxylamine groups is 3. The molecule has 1 atom stereocenters. The lowest BCUT2D eigenvalue weighted by atomic mass is 9.98. The van der Waals surface area contributed by atoms with Crippen LogP contribution in [0.3, 0.4) is 0 Å². The Bertz CT molecular complexity index is 1170. The number of nitrogens with zero attached hydrogens (tertiary/aromatic N) is 1. The standard InChI is InChI=1S/C31H44N2O5S/c1-5-8-12-29-30(27-23-25(32-39(4)36)15-18-28(27)38-29)31(34)24-13-16-26(17-14-24)37-22-11-21-33(35,19-9-6-2)20-10-7-3/h13-18,23,32H,5-12,19-22H2,1-4H3. The van der Waals surface area contributed by atoms with Gasteiger partial charge in [0, 0.05) is 23.8 Å². The zero-order valence-electron chi connectivity index (χ0n) is 23.9. The zero-order valence-corrected chi connectivity index (χ0v) is 24.7. The zero-order chi connectivity index (χ0) is 28.3. The molecule has 0 saturated carbocycles. The van der Waals surface area contributed by atoms with Crippen LogP contribution in [0.1, 0.15) is 87.4 Å².